The summed E-state index contributed by atoms with van der Waals surface area (Å²) in [4.78, 5) is 15.7. The minimum atomic E-state index is -0.429. The van der Waals surface area contributed by atoms with Crippen molar-refractivity contribution in [3.05, 3.63) is 93.8 Å². The molecular weight excluding hydrogens is 462 g/mol. The van der Waals surface area contributed by atoms with E-state index in [0.29, 0.717) is 48.3 Å². The number of nitrogens with one attached hydrogen (secondary N) is 2. The Balaban J connectivity index is 1.77. The van der Waals surface area contributed by atoms with Crippen LogP contribution in [0.15, 0.2) is 65.6 Å². The first-order chi connectivity index (χ1) is 17.5. The molecule has 11 heteroatoms. The standard InChI is InChI=1S/C25H27N7O4/c1-34-10-11-36-20-14-18(13-19(15-20)35-2)21(12-16-5-7-17(8-6-16)23(26)27)24-29-25(33)32(31-24)22-4-3-9-28-30-22/h3-9,13-15,21H,10-12H2,1-2H3,(H3,26,27)(H,29,31,33). The second kappa shape index (κ2) is 11.3. The number of rotatable bonds is 11. The maximum Gasteiger partial charge on any atom is 0.349 e. The fourth-order valence-corrected chi connectivity index (χ4v) is 3.73. The summed E-state index contributed by atoms with van der Waals surface area (Å²) >= 11 is 0. The summed E-state index contributed by atoms with van der Waals surface area (Å²) in [6.07, 6.45) is 2.02. The van der Waals surface area contributed by atoms with Crippen molar-refractivity contribution in [1.29, 1.82) is 5.41 Å². The van der Waals surface area contributed by atoms with Gasteiger partial charge in [-0.2, -0.15) is 9.78 Å². The molecule has 0 aliphatic heterocycles. The van der Waals surface area contributed by atoms with E-state index in [2.05, 4.69) is 20.3 Å². The molecule has 0 aliphatic rings. The number of nitrogens with zero attached hydrogens (tertiary/aromatic N) is 4. The predicted molar refractivity (Wildman–Crippen MR) is 133 cm³/mol. The van der Waals surface area contributed by atoms with E-state index in [1.807, 2.05) is 24.3 Å². The van der Waals surface area contributed by atoms with Crippen molar-refractivity contribution < 1.29 is 14.2 Å². The van der Waals surface area contributed by atoms with Gasteiger partial charge in [0.2, 0.25) is 0 Å². The van der Waals surface area contributed by atoms with Crippen molar-refractivity contribution in [3.8, 4) is 17.3 Å². The van der Waals surface area contributed by atoms with E-state index in [0.717, 1.165) is 11.1 Å². The summed E-state index contributed by atoms with van der Waals surface area (Å²) < 4.78 is 17.6. The Morgan fingerprint density at radius 3 is 2.56 bits per heavy atom. The lowest BCUT2D eigenvalue weighted by Crippen LogP contribution is -2.17. The summed E-state index contributed by atoms with van der Waals surface area (Å²) in [5, 5.41) is 20.0. The highest BCUT2D eigenvalue weighted by atomic mass is 16.5. The van der Waals surface area contributed by atoms with Crippen LogP contribution in [0.1, 0.15) is 28.4 Å². The number of methoxy groups -OCH3 is 2. The second-order valence-electron chi connectivity index (χ2n) is 7.96. The van der Waals surface area contributed by atoms with Crippen LogP contribution in [0.5, 0.6) is 11.5 Å². The maximum atomic E-state index is 12.8. The van der Waals surface area contributed by atoms with Crippen LogP contribution < -0.4 is 20.9 Å². The summed E-state index contributed by atoms with van der Waals surface area (Å²) in [6, 6.07) is 16.3. The van der Waals surface area contributed by atoms with E-state index >= 15 is 0 Å². The van der Waals surface area contributed by atoms with Crippen molar-refractivity contribution in [2.45, 2.75) is 12.3 Å². The van der Waals surface area contributed by atoms with E-state index in [1.165, 1.54) is 10.9 Å². The van der Waals surface area contributed by atoms with Crippen LogP contribution >= 0.6 is 0 Å². The SMILES string of the molecule is COCCOc1cc(OC)cc(C(Cc2ccc(C(=N)N)cc2)c2nn(-c3cccnn3)c(=O)[nH]2)c1. The largest absolute Gasteiger partial charge is 0.497 e. The van der Waals surface area contributed by atoms with Gasteiger partial charge in [0.05, 0.1) is 13.7 Å². The molecule has 2 aromatic heterocycles. The van der Waals surface area contributed by atoms with Crippen molar-refractivity contribution >= 4 is 5.84 Å². The molecule has 0 radical (unpaired) electrons. The van der Waals surface area contributed by atoms with Gasteiger partial charge >= 0.3 is 5.69 Å². The van der Waals surface area contributed by atoms with Crippen molar-refractivity contribution in [2.75, 3.05) is 27.4 Å². The number of nitrogens with two attached hydrogens (primary N) is 1. The molecule has 4 rings (SSSR count). The predicted octanol–water partition coefficient (Wildman–Crippen LogP) is 2.04. The molecule has 4 N–H and O–H groups in total. The summed E-state index contributed by atoms with van der Waals surface area (Å²) in [6.45, 7) is 0.812. The molecule has 11 nitrogen and oxygen atoms in total. The number of amidine groups is 1. The van der Waals surface area contributed by atoms with Gasteiger partial charge < -0.3 is 19.9 Å². The van der Waals surface area contributed by atoms with Gasteiger partial charge in [0.1, 0.15) is 29.8 Å². The lowest BCUT2D eigenvalue weighted by molar-refractivity contribution is 0.146. The molecule has 0 spiro atoms. The lowest BCUT2D eigenvalue weighted by Gasteiger charge is -2.18. The van der Waals surface area contributed by atoms with Gasteiger partial charge in [-0.3, -0.25) is 10.4 Å². The van der Waals surface area contributed by atoms with E-state index in [4.69, 9.17) is 25.4 Å². The second-order valence-corrected chi connectivity index (χ2v) is 7.96. The number of H-pyrrole nitrogens is 1. The zero-order chi connectivity index (χ0) is 25.5. The third-order valence-electron chi connectivity index (χ3n) is 5.54. The minimum Gasteiger partial charge on any atom is -0.497 e. The third-order valence-corrected chi connectivity index (χ3v) is 5.54. The molecule has 0 aliphatic carbocycles. The molecular formula is C25H27N7O4. The van der Waals surface area contributed by atoms with E-state index in [-0.39, 0.29) is 11.8 Å². The highest BCUT2D eigenvalue weighted by Crippen LogP contribution is 2.32. The number of aromatic amines is 1. The Morgan fingerprint density at radius 2 is 1.89 bits per heavy atom. The minimum absolute atomic E-state index is 0.00390. The van der Waals surface area contributed by atoms with Crippen LogP contribution in [0.3, 0.4) is 0 Å². The van der Waals surface area contributed by atoms with Crippen LogP contribution in [0.2, 0.25) is 0 Å². The highest BCUT2D eigenvalue weighted by Gasteiger charge is 2.23. The van der Waals surface area contributed by atoms with Gasteiger partial charge in [-0.25, -0.2) is 4.79 Å². The van der Waals surface area contributed by atoms with Gasteiger partial charge in [-0.05, 0) is 41.8 Å². The number of ether oxygens (including phenoxy) is 3. The number of hydrogen-bond donors (Lipinski definition) is 3. The first-order valence-corrected chi connectivity index (χ1v) is 11.2. The van der Waals surface area contributed by atoms with Crippen molar-refractivity contribution in [1.82, 2.24) is 25.0 Å². The molecule has 36 heavy (non-hydrogen) atoms. The van der Waals surface area contributed by atoms with Gasteiger partial charge in [0.15, 0.2) is 5.82 Å². The molecule has 2 aromatic carbocycles. The molecule has 0 bridgehead atoms. The molecule has 0 saturated heterocycles. The Kier molecular flexibility index (Phi) is 7.71. The van der Waals surface area contributed by atoms with Gasteiger partial charge in [-0.15, -0.1) is 10.2 Å². The lowest BCUT2D eigenvalue weighted by atomic mass is 9.90. The Hall–Kier alpha value is -4.51. The van der Waals surface area contributed by atoms with Crippen LogP contribution in [-0.2, 0) is 11.2 Å². The van der Waals surface area contributed by atoms with E-state index < -0.39 is 5.69 Å². The van der Waals surface area contributed by atoms with E-state index in [1.54, 1.807) is 44.6 Å². The summed E-state index contributed by atoms with van der Waals surface area (Å²) in [7, 11) is 3.19. The van der Waals surface area contributed by atoms with Gasteiger partial charge in [-0.1, -0.05) is 24.3 Å². The van der Waals surface area contributed by atoms with Crippen LogP contribution in [0.4, 0.5) is 0 Å². The molecule has 186 valence electrons. The fourth-order valence-electron chi connectivity index (χ4n) is 3.73. The number of hydrogen-bond acceptors (Lipinski definition) is 8. The molecule has 1 atom stereocenters. The Morgan fingerprint density at radius 1 is 1.11 bits per heavy atom. The first-order valence-electron chi connectivity index (χ1n) is 11.2. The smallest absolute Gasteiger partial charge is 0.349 e. The number of nitrogen functional groups attached to an aromatic ring is 1. The van der Waals surface area contributed by atoms with E-state index in [9.17, 15) is 4.79 Å². The average Bonchev–Trinajstić information content (AvgIpc) is 3.29. The Bertz CT molecular complexity index is 1370. The van der Waals surface area contributed by atoms with Gasteiger partial charge in [0, 0.05) is 30.9 Å². The van der Waals surface area contributed by atoms with Gasteiger partial charge in [0.25, 0.3) is 0 Å². The molecule has 2 heterocycles. The number of aromatic nitrogens is 5. The number of benzene rings is 2. The molecule has 0 amide bonds. The molecule has 0 fully saturated rings. The summed E-state index contributed by atoms with van der Waals surface area (Å²) in [5.74, 6) is 1.59. The van der Waals surface area contributed by atoms with Crippen LogP contribution in [0.25, 0.3) is 5.82 Å². The molecule has 1 unspecified atom stereocenters. The normalized spacial score (nSPS) is 11.7. The Labute approximate surface area is 207 Å². The third kappa shape index (κ3) is 5.76. The quantitative estimate of drug-likeness (QED) is 0.164. The zero-order valence-electron chi connectivity index (χ0n) is 20.0. The van der Waals surface area contributed by atoms with Crippen molar-refractivity contribution in [3.63, 3.8) is 0 Å². The maximum absolute atomic E-state index is 12.8. The first kappa shape index (κ1) is 24.6. The monoisotopic (exact) mass is 489 g/mol. The zero-order valence-corrected chi connectivity index (χ0v) is 20.0. The average molecular weight is 490 g/mol. The molecule has 0 saturated carbocycles. The molecule has 4 aromatic rings. The fraction of sp³-hybridized carbons (Fsp3) is 0.240. The highest BCUT2D eigenvalue weighted by molar-refractivity contribution is 5.94. The van der Waals surface area contributed by atoms with Crippen molar-refractivity contribution in [2.24, 2.45) is 5.73 Å². The topological polar surface area (TPSA) is 154 Å². The van der Waals surface area contributed by atoms with Crippen LogP contribution in [0, 0.1) is 5.41 Å². The summed E-state index contributed by atoms with van der Waals surface area (Å²) in [5.41, 5.74) is 7.60. The van der Waals surface area contributed by atoms with Crippen LogP contribution in [-0.4, -0.2) is 58.2 Å².